The number of ether oxygens (including phenoxy) is 1. The van der Waals surface area contributed by atoms with Gasteiger partial charge in [0.05, 0.1) is 12.5 Å². The smallest absolute Gasteiger partial charge is 0.307 e. The number of rotatable bonds is 4. The van der Waals surface area contributed by atoms with Crippen molar-refractivity contribution in [2.24, 2.45) is 0 Å². The van der Waals surface area contributed by atoms with Crippen molar-refractivity contribution in [2.45, 2.75) is 38.7 Å². The number of hydrogen-bond acceptors (Lipinski definition) is 2. The largest absolute Gasteiger partial charge is 0.490 e. The predicted molar refractivity (Wildman–Crippen MR) is 60.8 cm³/mol. The minimum atomic E-state index is -0.816. The van der Waals surface area contributed by atoms with E-state index >= 15 is 0 Å². The fourth-order valence-electron chi connectivity index (χ4n) is 1.79. The van der Waals surface area contributed by atoms with E-state index in [9.17, 15) is 4.79 Å². The molecule has 86 valence electrons. The highest BCUT2D eigenvalue weighted by atomic mass is 16.5. The van der Waals surface area contributed by atoms with Crippen LogP contribution in [0.3, 0.4) is 0 Å². The Bertz CT molecular complexity index is 394. The van der Waals surface area contributed by atoms with Crippen molar-refractivity contribution in [3.8, 4) is 5.75 Å². The molecule has 0 amide bonds. The maximum atomic E-state index is 10.7. The molecule has 1 aliphatic rings. The lowest BCUT2D eigenvalue weighted by molar-refractivity contribution is -0.136. The number of carboxylic acids is 1. The third kappa shape index (κ3) is 2.54. The molecule has 1 N–H and O–H groups in total. The van der Waals surface area contributed by atoms with Crippen LogP contribution in [0.4, 0.5) is 0 Å². The monoisotopic (exact) mass is 220 g/mol. The number of carboxylic acid groups (broad SMARTS) is 1. The number of aryl methyl sites for hydroxylation is 1. The third-order valence-electron chi connectivity index (χ3n) is 2.90. The number of benzene rings is 1. The van der Waals surface area contributed by atoms with Crippen molar-refractivity contribution in [3.05, 3.63) is 29.3 Å². The van der Waals surface area contributed by atoms with Crippen molar-refractivity contribution in [2.75, 3.05) is 0 Å². The number of hydrogen-bond donors (Lipinski definition) is 1. The number of aliphatic carboxylic acids is 1. The molecular weight excluding hydrogens is 204 g/mol. The van der Waals surface area contributed by atoms with E-state index in [-0.39, 0.29) is 12.5 Å². The summed E-state index contributed by atoms with van der Waals surface area (Å²) in [4.78, 5) is 10.7. The van der Waals surface area contributed by atoms with E-state index in [2.05, 4.69) is 0 Å². The molecular formula is C13H16O3. The van der Waals surface area contributed by atoms with Gasteiger partial charge in [-0.3, -0.25) is 4.79 Å². The third-order valence-corrected chi connectivity index (χ3v) is 2.90. The van der Waals surface area contributed by atoms with Crippen LogP contribution in [0.1, 0.15) is 30.4 Å². The van der Waals surface area contributed by atoms with E-state index in [1.54, 1.807) is 0 Å². The van der Waals surface area contributed by atoms with Crippen LogP contribution in [0.2, 0.25) is 0 Å². The van der Waals surface area contributed by atoms with E-state index in [0.717, 1.165) is 29.7 Å². The molecule has 0 bridgehead atoms. The van der Waals surface area contributed by atoms with E-state index in [4.69, 9.17) is 9.84 Å². The Morgan fingerprint density at radius 3 is 2.81 bits per heavy atom. The molecule has 1 aliphatic carbocycles. The van der Waals surface area contributed by atoms with Gasteiger partial charge in [-0.25, -0.2) is 0 Å². The molecule has 0 radical (unpaired) electrons. The van der Waals surface area contributed by atoms with E-state index in [0.29, 0.717) is 0 Å². The normalized spacial score (nSPS) is 15.6. The van der Waals surface area contributed by atoms with Crippen LogP contribution < -0.4 is 4.74 Å². The second kappa shape index (κ2) is 4.56. The summed E-state index contributed by atoms with van der Waals surface area (Å²) in [7, 11) is 0. The Balaban J connectivity index is 2.16. The summed E-state index contributed by atoms with van der Waals surface area (Å²) >= 11 is 0. The molecule has 0 aromatic heterocycles. The lowest BCUT2D eigenvalue weighted by Gasteiger charge is -2.27. The molecule has 0 unspecified atom stereocenters. The summed E-state index contributed by atoms with van der Waals surface area (Å²) in [5.74, 6) is -0.0817. The van der Waals surface area contributed by atoms with Gasteiger partial charge in [0, 0.05) is 5.56 Å². The second-order valence-electron chi connectivity index (χ2n) is 4.35. The standard InChI is InChI=1S/C13H16O3/c1-9-5-6-12(16-11-3-2-4-11)10(7-9)8-13(14)15/h5-7,11H,2-4,8H2,1H3,(H,14,15). The van der Waals surface area contributed by atoms with Gasteiger partial charge >= 0.3 is 5.97 Å². The highest BCUT2D eigenvalue weighted by Crippen LogP contribution is 2.28. The molecule has 0 saturated heterocycles. The molecule has 1 aromatic carbocycles. The van der Waals surface area contributed by atoms with Crippen molar-refractivity contribution in [1.29, 1.82) is 0 Å². The van der Waals surface area contributed by atoms with Gasteiger partial charge in [-0.15, -0.1) is 0 Å². The zero-order valence-corrected chi connectivity index (χ0v) is 9.40. The molecule has 0 heterocycles. The van der Waals surface area contributed by atoms with Crippen LogP contribution in [0.25, 0.3) is 0 Å². The van der Waals surface area contributed by atoms with E-state index in [1.165, 1.54) is 6.42 Å². The quantitative estimate of drug-likeness (QED) is 0.848. The first-order valence-electron chi connectivity index (χ1n) is 5.63. The molecule has 2 rings (SSSR count). The molecule has 16 heavy (non-hydrogen) atoms. The lowest BCUT2D eigenvalue weighted by atomic mass is 9.96. The number of carbonyl (C=O) groups is 1. The minimum Gasteiger partial charge on any atom is -0.490 e. The molecule has 0 spiro atoms. The van der Waals surface area contributed by atoms with Crippen LogP contribution in [0, 0.1) is 6.92 Å². The lowest BCUT2D eigenvalue weighted by Crippen LogP contribution is -2.25. The van der Waals surface area contributed by atoms with E-state index in [1.807, 2.05) is 25.1 Å². The first kappa shape index (κ1) is 11.0. The molecule has 1 aromatic rings. The van der Waals surface area contributed by atoms with Crippen molar-refractivity contribution >= 4 is 5.97 Å². The molecule has 0 aliphatic heterocycles. The Morgan fingerprint density at radius 2 is 2.25 bits per heavy atom. The Hall–Kier alpha value is -1.51. The van der Waals surface area contributed by atoms with Crippen molar-refractivity contribution in [1.82, 2.24) is 0 Å². The topological polar surface area (TPSA) is 46.5 Å². The summed E-state index contributed by atoms with van der Waals surface area (Å²) in [6.45, 7) is 1.96. The summed E-state index contributed by atoms with van der Waals surface area (Å²) in [5.41, 5.74) is 1.84. The van der Waals surface area contributed by atoms with Gasteiger partial charge in [-0.1, -0.05) is 17.7 Å². The van der Waals surface area contributed by atoms with Crippen LogP contribution in [0.5, 0.6) is 5.75 Å². The van der Waals surface area contributed by atoms with Gasteiger partial charge in [0.15, 0.2) is 0 Å². The zero-order chi connectivity index (χ0) is 11.5. The molecule has 3 nitrogen and oxygen atoms in total. The molecule has 0 atom stereocenters. The SMILES string of the molecule is Cc1ccc(OC2CCC2)c(CC(=O)O)c1. The van der Waals surface area contributed by atoms with Gasteiger partial charge in [-0.05, 0) is 32.3 Å². The van der Waals surface area contributed by atoms with Gasteiger partial charge < -0.3 is 9.84 Å². The Morgan fingerprint density at radius 1 is 1.50 bits per heavy atom. The minimum absolute atomic E-state index is 0.0315. The van der Waals surface area contributed by atoms with Crippen molar-refractivity contribution in [3.63, 3.8) is 0 Å². The summed E-state index contributed by atoms with van der Waals surface area (Å²) < 4.78 is 5.77. The molecule has 1 saturated carbocycles. The van der Waals surface area contributed by atoms with Gasteiger partial charge in [0.25, 0.3) is 0 Å². The fraction of sp³-hybridized carbons (Fsp3) is 0.462. The van der Waals surface area contributed by atoms with Crippen LogP contribution in [-0.4, -0.2) is 17.2 Å². The Labute approximate surface area is 95.0 Å². The fourth-order valence-corrected chi connectivity index (χ4v) is 1.79. The highest BCUT2D eigenvalue weighted by Gasteiger charge is 2.20. The van der Waals surface area contributed by atoms with Crippen LogP contribution in [0.15, 0.2) is 18.2 Å². The van der Waals surface area contributed by atoms with Crippen LogP contribution >= 0.6 is 0 Å². The maximum Gasteiger partial charge on any atom is 0.307 e. The maximum absolute atomic E-state index is 10.7. The summed E-state index contributed by atoms with van der Waals surface area (Å²) in [6.07, 6.45) is 3.70. The predicted octanol–water partition coefficient (Wildman–Crippen LogP) is 2.55. The van der Waals surface area contributed by atoms with Crippen molar-refractivity contribution < 1.29 is 14.6 Å². The van der Waals surface area contributed by atoms with Gasteiger partial charge in [-0.2, -0.15) is 0 Å². The van der Waals surface area contributed by atoms with E-state index < -0.39 is 5.97 Å². The summed E-state index contributed by atoms with van der Waals surface area (Å²) in [5, 5.41) is 8.83. The Kier molecular flexibility index (Phi) is 3.13. The molecule has 3 heteroatoms. The highest BCUT2D eigenvalue weighted by molar-refractivity contribution is 5.71. The molecule has 1 fully saturated rings. The second-order valence-corrected chi connectivity index (χ2v) is 4.35. The van der Waals surface area contributed by atoms with Gasteiger partial charge in [0.1, 0.15) is 5.75 Å². The first-order valence-corrected chi connectivity index (χ1v) is 5.63. The van der Waals surface area contributed by atoms with Crippen LogP contribution in [-0.2, 0) is 11.2 Å². The first-order chi connectivity index (χ1) is 7.65. The average molecular weight is 220 g/mol. The summed E-state index contributed by atoms with van der Waals surface area (Å²) in [6, 6.07) is 5.73. The van der Waals surface area contributed by atoms with Gasteiger partial charge in [0.2, 0.25) is 0 Å². The zero-order valence-electron chi connectivity index (χ0n) is 9.40. The average Bonchev–Trinajstić information content (AvgIpc) is 2.12.